The van der Waals surface area contributed by atoms with Gasteiger partial charge in [-0.05, 0) is 66.6 Å². The average Bonchev–Trinajstić information content (AvgIpc) is 2.89. The maximum Gasteiger partial charge on any atom is 0.343 e. The third kappa shape index (κ3) is 5.33. The number of carbonyl (C=O) groups is 3. The highest BCUT2D eigenvalue weighted by Gasteiger charge is 2.34. The van der Waals surface area contributed by atoms with E-state index in [1.54, 1.807) is 86.8 Å². The van der Waals surface area contributed by atoms with Crippen LogP contribution in [0.25, 0.3) is 5.70 Å². The zero-order valence-electron chi connectivity index (χ0n) is 19.2. The number of amides is 2. The molecule has 1 aliphatic heterocycles. The van der Waals surface area contributed by atoms with Crippen LogP contribution in [-0.4, -0.2) is 31.7 Å². The van der Waals surface area contributed by atoms with Gasteiger partial charge in [0, 0.05) is 0 Å². The van der Waals surface area contributed by atoms with Gasteiger partial charge in [-0.1, -0.05) is 30.3 Å². The molecule has 2 N–H and O–H groups in total. The van der Waals surface area contributed by atoms with Crippen LogP contribution in [0.15, 0.2) is 84.4 Å². The minimum atomic E-state index is -0.779. The third-order valence-electron chi connectivity index (χ3n) is 5.38. The summed E-state index contributed by atoms with van der Waals surface area (Å²) in [6.07, 6.45) is 0. The number of esters is 2. The first-order chi connectivity index (χ1) is 17.0. The van der Waals surface area contributed by atoms with Crippen LogP contribution < -0.4 is 20.1 Å². The van der Waals surface area contributed by atoms with Gasteiger partial charge in [-0.2, -0.15) is 0 Å². The lowest BCUT2D eigenvalue weighted by Gasteiger charge is -2.29. The van der Waals surface area contributed by atoms with Crippen molar-refractivity contribution < 1.29 is 28.6 Å². The second-order valence-corrected chi connectivity index (χ2v) is 7.59. The molecular weight excluding hydrogens is 448 g/mol. The molecule has 4 rings (SSSR count). The monoisotopic (exact) mass is 472 g/mol. The molecule has 178 valence electrons. The zero-order chi connectivity index (χ0) is 24.8. The number of benzene rings is 3. The Balaban J connectivity index is 1.67. The smallest absolute Gasteiger partial charge is 0.343 e. The predicted molar refractivity (Wildman–Crippen MR) is 129 cm³/mol. The molecule has 0 bridgehead atoms. The van der Waals surface area contributed by atoms with E-state index in [1.807, 2.05) is 6.07 Å². The fourth-order valence-electron chi connectivity index (χ4n) is 3.70. The lowest BCUT2D eigenvalue weighted by Crippen LogP contribution is -2.45. The van der Waals surface area contributed by atoms with Crippen molar-refractivity contribution in [3.8, 4) is 11.5 Å². The standard InChI is InChI=1S/C27H24N2O6/c1-3-34-26(31)22-23(17-9-13-20(33-2)14-10-17)28-27(32)29-24(22)18-11-15-21(16-12-18)35-25(30)19-7-5-4-6-8-19/h4-16,24H,3H2,1-2H3,(H2,28,29,32). The van der Waals surface area contributed by atoms with E-state index in [0.717, 1.165) is 0 Å². The molecule has 1 heterocycles. The zero-order valence-corrected chi connectivity index (χ0v) is 19.2. The second-order valence-electron chi connectivity index (χ2n) is 7.59. The number of methoxy groups -OCH3 is 1. The van der Waals surface area contributed by atoms with Crippen LogP contribution in [0.4, 0.5) is 4.79 Å². The molecule has 1 unspecified atom stereocenters. The van der Waals surface area contributed by atoms with Crippen LogP contribution in [0, 0.1) is 0 Å². The van der Waals surface area contributed by atoms with Gasteiger partial charge in [-0.3, -0.25) is 0 Å². The molecule has 1 aliphatic rings. The lowest BCUT2D eigenvalue weighted by molar-refractivity contribution is -0.138. The first-order valence-electron chi connectivity index (χ1n) is 11.0. The molecular formula is C27H24N2O6. The van der Waals surface area contributed by atoms with Gasteiger partial charge in [0.05, 0.1) is 36.6 Å². The van der Waals surface area contributed by atoms with Gasteiger partial charge in [0.15, 0.2) is 0 Å². The van der Waals surface area contributed by atoms with Crippen molar-refractivity contribution in [1.29, 1.82) is 0 Å². The van der Waals surface area contributed by atoms with Crippen LogP contribution in [0.1, 0.15) is 34.5 Å². The van der Waals surface area contributed by atoms with Crippen molar-refractivity contribution in [2.75, 3.05) is 13.7 Å². The van der Waals surface area contributed by atoms with Crippen LogP contribution >= 0.6 is 0 Å². The van der Waals surface area contributed by atoms with Crippen LogP contribution in [0.5, 0.6) is 11.5 Å². The van der Waals surface area contributed by atoms with Gasteiger partial charge in [0.1, 0.15) is 11.5 Å². The van der Waals surface area contributed by atoms with E-state index in [0.29, 0.717) is 33.9 Å². The molecule has 0 saturated heterocycles. The summed E-state index contributed by atoms with van der Waals surface area (Å²) >= 11 is 0. The van der Waals surface area contributed by atoms with Crippen molar-refractivity contribution in [3.05, 3.63) is 101 Å². The van der Waals surface area contributed by atoms with Crippen LogP contribution in [-0.2, 0) is 9.53 Å². The predicted octanol–water partition coefficient (Wildman–Crippen LogP) is 4.24. The maximum absolute atomic E-state index is 13.0. The molecule has 2 amide bonds. The Morgan fingerprint density at radius 2 is 1.51 bits per heavy atom. The summed E-state index contributed by atoms with van der Waals surface area (Å²) in [5, 5.41) is 5.52. The number of hydrogen-bond donors (Lipinski definition) is 2. The number of nitrogens with one attached hydrogen (secondary N) is 2. The summed E-state index contributed by atoms with van der Waals surface area (Å²) in [6, 6.07) is 21.0. The van der Waals surface area contributed by atoms with Crippen LogP contribution in [0.3, 0.4) is 0 Å². The first-order valence-corrected chi connectivity index (χ1v) is 11.0. The van der Waals surface area contributed by atoms with Gasteiger partial charge in [0.2, 0.25) is 0 Å². The minimum Gasteiger partial charge on any atom is -0.497 e. The molecule has 8 nitrogen and oxygen atoms in total. The SMILES string of the molecule is CCOC(=O)C1=C(c2ccc(OC)cc2)NC(=O)NC1c1ccc(OC(=O)c2ccccc2)cc1. The Bertz CT molecular complexity index is 1250. The molecule has 0 radical (unpaired) electrons. The number of carbonyl (C=O) groups excluding carboxylic acids is 3. The normalized spacial score (nSPS) is 15.0. The van der Waals surface area contributed by atoms with Crippen molar-refractivity contribution in [2.24, 2.45) is 0 Å². The molecule has 3 aromatic carbocycles. The highest BCUT2D eigenvalue weighted by atomic mass is 16.5. The van der Waals surface area contributed by atoms with Crippen molar-refractivity contribution in [1.82, 2.24) is 10.6 Å². The summed E-state index contributed by atoms with van der Waals surface area (Å²) in [5.41, 5.74) is 2.28. The van der Waals surface area contributed by atoms with E-state index in [-0.39, 0.29) is 12.2 Å². The van der Waals surface area contributed by atoms with Crippen molar-refractivity contribution in [3.63, 3.8) is 0 Å². The molecule has 35 heavy (non-hydrogen) atoms. The van der Waals surface area contributed by atoms with E-state index in [1.165, 1.54) is 0 Å². The van der Waals surface area contributed by atoms with Gasteiger partial charge in [0.25, 0.3) is 0 Å². The van der Waals surface area contributed by atoms with E-state index in [2.05, 4.69) is 10.6 Å². The average molecular weight is 472 g/mol. The third-order valence-corrected chi connectivity index (χ3v) is 5.38. The first kappa shape index (κ1) is 23.6. The number of rotatable bonds is 7. The fraction of sp³-hybridized carbons (Fsp3) is 0.148. The largest absolute Gasteiger partial charge is 0.497 e. The fourth-order valence-corrected chi connectivity index (χ4v) is 3.70. The molecule has 1 atom stereocenters. The summed E-state index contributed by atoms with van der Waals surface area (Å²) in [6.45, 7) is 1.89. The Morgan fingerprint density at radius 1 is 0.857 bits per heavy atom. The van der Waals surface area contributed by atoms with Gasteiger partial charge < -0.3 is 24.8 Å². The lowest BCUT2D eigenvalue weighted by atomic mass is 9.92. The summed E-state index contributed by atoms with van der Waals surface area (Å²) in [7, 11) is 1.56. The van der Waals surface area contributed by atoms with E-state index in [4.69, 9.17) is 14.2 Å². The second kappa shape index (κ2) is 10.6. The summed E-state index contributed by atoms with van der Waals surface area (Å²) < 4.78 is 15.9. The number of ether oxygens (including phenoxy) is 3. The van der Waals surface area contributed by atoms with Crippen LogP contribution in [0.2, 0.25) is 0 Å². The highest BCUT2D eigenvalue weighted by molar-refractivity contribution is 6.04. The van der Waals surface area contributed by atoms with Gasteiger partial charge in [-0.25, -0.2) is 14.4 Å². The Morgan fingerprint density at radius 3 is 2.14 bits per heavy atom. The number of hydrogen-bond acceptors (Lipinski definition) is 6. The minimum absolute atomic E-state index is 0.174. The highest BCUT2D eigenvalue weighted by Crippen LogP contribution is 2.33. The molecule has 0 aromatic heterocycles. The Kier molecular flexibility index (Phi) is 7.11. The molecule has 3 aromatic rings. The summed E-state index contributed by atoms with van der Waals surface area (Å²) in [5.74, 6) is -0.0674. The quantitative estimate of drug-likeness (QED) is 0.394. The molecule has 0 aliphatic carbocycles. The van der Waals surface area contributed by atoms with E-state index < -0.39 is 24.0 Å². The molecule has 0 spiro atoms. The van der Waals surface area contributed by atoms with Crippen molar-refractivity contribution >= 4 is 23.7 Å². The van der Waals surface area contributed by atoms with Crippen molar-refractivity contribution in [2.45, 2.75) is 13.0 Å². The Hall–Kier alpha value is -4.59. The summed E-state index contributed by atoms with van der Waals surface area (Å²) in [4.78, 5) is 37.9. The topological polar surface area (TPSA) is 103 Å². The molecule has 0 fully saturated rings. The van der Waals surface area contributed by atoms with Gasteiger partial charge >= 0.3 is 18.0 Å². The van der Waals surface area contributed by atoms with E-state index >= 15 is 0 Å². The molecule has 0 saturated carbocycles. The molecule has 8 heteroatoms. The number of urea groups is 1. The van der Waals surface area contributed by atoms with Gasteiger partial charge in [-0.15, -0.1) is 0 Å². The van der Waals surface area contributed by atoms with E-state index in [9.17, 15) is 14.4 Å². The Labute approximate surface area is 202 Å². The maximum atomic E-state index is 13.0.